The van der Waals surface area contributed by atoms with Crippen LogP contribution < -0.4 is 5.32 Å². The number of rotatable bonds is 62. The highest BCUT2D eigenvalue weighted by Crippen LogP contribution is 2.43. The van der Waals surface area contributed by atoms with Gasteiger partial charge in [-0.3, -0.25) is 13.8 Å². The van der Waals surface area contributed by atoms with Crippen molar-refractivity contribution in [2.45, 2.75) is 347 Å². The van der Waals surface area contributed by atoms with Crippen molar-refractivity contribution in [3.63, 3.8) is 0 Å². The van der Waals surface area contributed by atoms with E-state index in [0.29, 0.717) is 17.4 Å². The van der Waals surface area contributed by atoms with Gasteiger partial charge in [0.05, 0.1) is 39.9 Å². The zero-order chi connectivity index (χ0) is 55.6. The van der Waals surface area contributed by atoms with Gasteiger partial charge in [0, 0.05) is 6.42 Å². The van der Waals surface area contributed by atoms with Gasteiger partial charge in [0.1, 0.15) is 13.2 Å². The number of unbranched alkanes of at least 4 members (excludes halogenated alkanes) is 45. The van der Waals surface area contributed by atoms with E-state index in [4.69, 9.17) is 9.05 Å². The van der Waals surface area contributed by atoms with Gasteiger partial charge in [-0.25, -0.2) is 4.57 Å². The molecule has 0 aromatic rings. The third-order valence-electron chi connectivity index (χ3n) is 15.3. The maximum atomic E-state index is 13.0. The van der Waals surface area contributed by atoms with Gasteiger partial charge in [0.15, 0.2) is 0 Å². The van der Waals surface area contributed by atoms with Crippen LogP contribution in [0, 0.1) is 0 Å². The number of hydrogen-bond acceptors (Lipinski definition) is 5. The number of aliphatic hydroxyl groups excluding tert-OH is 1. The first-order valence-electron chi connectivity index (χ1n) is 33.4. The Balaban J connectivity index is 4.14. The quantitative estimate of drug-likeness (QED) is 0.0243. The van der Waals surface area contributed by atoms with Crippen LogP contribution >= 0.6 is 7.82 Å². The van der Waals surface area contributed by atoms with Crippen molar-refractivity contribution < 1.29 is 32.9 Å². The number of aliphatic hydroxyl groups is 1. The Bertz CT molecular complexity index is 1330. The molecule has 0 bridgehead atoms. The molecule has 3 atom stereocenters. The lowest BCUT2D eigenvalue weighted by Gasteiger charge is -2.25. The Kier molecular flexibility index (Phi) is 57.4. The van der Waals surface area contributed by atoms with Crippen LogP contribution in [0.1, 0.15) is 335 Å². The smallest absolute Gasteiger partial charge is 0.387 e. The number of carbonyl (C=O) groups is 1. The van der Waals surface area contributed by atoms with Crippen molar-refractivity contribution in [2.24, 2.45) is 0 Å². The molecule has 0 aromatic carbocycles. The van der Waals surface area contributed by atoms with Crippen molar-refractivity contribution >= 4 is 13.7 Å². The summed E-state index contributed by atoms with van der Waals surface area (Å²) in [4.78, 5) is 23.4. The van der Waals surface area contributed by atoms with Gasteiger partial charge in [0.2, 0.25) is 5.91 Å². The fourth-order valence-electron chi connectivity index (χ4n) is 10.1. The van der Waals surface area contributed by atoms with Crippen molar-refractivity contribution in [3.8, 4) is 0 Å². The van der Waals surface area contributed by atoms with Crippen molar-refractivity contribution in [1.82, 2.24) is 5.32 Å². The number of phosphoric acid groups is 1. The number of allylic oxidation sites excluding steroid dienone is 5. The van der Waals surface area contributed by atoms with Gasteiger partial charge in [-0.15, -0.1) is 0 Å². The lowest BCUT2D eigenvalue weighted by molar-refractivity contribution is -0.870. The molecule has 3 unspecified atom stereocenters. The molecule has 0 saturated heterocycles. The topological polar surface area (TPSA) is 105 Å². The SMILES string of the molecule is CCCCCCCCCCCCCCCCCCCCCCC/C=C/CC/C=C/CC/C=C/C(O)C(COP(=O)(O)OCC[N+](C)(C)C)NC(=O)CCCCCCCCCCCCCCCCCCCCCCCCC. The van der Waals surface area contributed by atoms with Crippen LogP contribution in [0.4, 0.5) is 0 Å². The van der Waals surface area contributed by atoms with Gasteiger partial charge in [-0.05, 0) is 44.9 Å². The van der Waals surface area contributed by atoms with E-state index in [2.05, 4.69) is 43.5 Å². The average Bonchev–Trinajstić information content (AvgIpc) is 3.38. The second-order valence-electron chi connectivity index (χ2n) is 24.2. The van der Waals surface area contributed by atoms with Crippen molar-refractivity contribution in [1.29, 1.82) is 0 Å². The highest BCUT2D eigenvalue weighted by atomic mass is 31.2. The number of amides is 1. The molecule has 9 heteroatoms. The van der Waals surface area contributed by atoms with Crippen molar-refractivity contribution in [3.05, 3.63) is 36.5 Å². The second-order valence-corrected chi connectivity index (χ2v) is 25.6. The summed E-state index contributed by atoms with van der Waals surface area (Å²) in [7, 11) is 1.56. The molecule has 0 spiro atoms. The van der Waals surface area contributed by atoms with Crippen LogP contribution in [-0.4, -0.2) is 73.4 Å². The summed E-state index contributed by atoms with van der Waals surface area (Å²) in [5.41, 5.74) is 0. The minimum absolute atomic E-state index is 0.0553. The summed E-state index contributed by atoms with van der Waals surface area (Å²) in [6.07, 6.45) is 77.2. The van der Waals surface area contributed by atoms with Gasteiger partial charge in [0.25, 0.3) is 0 Å². The van der Waals surface area contributed by atoms with E-state index in [-0.39, 0.29) is 19.1 Å². The molecule has 1 amide bonds. The molecule has 76 heavy (non-hydrogen) atoms. The Labute approximate surface area is 474 Å². The number of phosphoric ester groups is 1. The average molecular weight is 1090 g/mol. The molecule has 0 fully saturated rings. The van der Waals surface area contributed by atoms with Crippen LogP contribution in [0.25, 0.3) is 0 Å². The molecule has 450 valence electrons. The first kappa shape index (κ1) is 74.7. The van der Waals surface area contributed by atoms with Gasteiger partial charge >= 0.3 is 7.82 Å². The van der Waals surface area contributed by atoms with E-state index >= 15 is 0 Å². The normalized spacial score (nSPS) is 13.9. The first-order valence-corrected chi connectivity index (χ1v) is 34.9. The predicted octanol–water partition coefficient (Wildman–Crippen LogP) is 20.9. The maximum Gasteiger partial charge on any atom is 0.472 e. The molecule has 0 rings (SSSR count). The molecule has 0 aromatic heterocycles. The summed E-state index contributed by atoms with van der Waals surface area (Å²) in [6.45, 7) is 4.84. The molecule has 0 radical (unpaired) electrons. The van der Waals surface area contributed by atoms with E-state index < -0.39 is 20.0 Å². The van der Waals surface area contributed by atoms with E-state index in [9.17, 15) is 19.4 Å². The van der Waals surface area contributed by atoms with Crippen LogP contribution in [0.15, 0.2) is 36.5 Å². The molecule has 0 saturated carbocycles. The lowest BCUT2D eigenvalue weighted by atomic mass is 10.0. The third kappa shape index (κ3) is 60.4. The fourth-order valence-corrected chi connectivity index (χ4v) is 10.9. The van der Waals surface area contributed by atoms with Gasteiger partial charge in [-0.2, -0.15) is 0 Å². The minimum atomic E-state index is -4.36. The van der Waals surface area contributed by atoms with Gasteiger partial charge < -0.3 is 19.8 Å². The van der Waals surface area contributed by atoms with E-state index in [1.165, 1.54) is 270 Å². The number of nitrogens with zero attached hydrogens (tertiary/aromatic N) is 1. The Morgan fingerprint density at radius 1 is 0.434 bits per heavy atom. The second kappa shape index (κ2) is 58.4. The maximum absolute atomic E-state index is 13.0. The molecule has 8 nitrogen and oxygen atoms in total. The molecule has 0 aliphatic carbocycles. The molecule has 3 N–H and O–H groups in total. The zero-order valence-corrected chi connectivity index (χ0v) is 52.4. The summed E-state index contributed by atoms with van der Waals surface area (Å²) >= 11 is 0. The van der Waals surface area contributed by atoms with E-state index in [0.717, 1.165) is 44.9 Å². The molecular weight excluding hydrogens is 960 g/mol. The molecule has 0 aliphatic heterocycles. The van der Waals surface area contributed by atoms with Crippen LogP contribution in [0.5, 0.6) is 0 Å². The predicted molar refractivity (Wildman–Crippen MR) is 332 cm³/mol. The number of likely N-dealkylation sites (N-methyl/N-ethyl adjacent to an activating group) is 1. The minimum Gasteiger partial charge on any atom is -0.387 e. The van der Waals surface area contributed by atoms with Crippen LogP contribution in [0.3, 0.4) is 0 Å². The molecule has 0 heterocycles. The first-order chi connectivity index (χ1) is 37.0. The fraction of sp³-hybridized carbons (Fsp3) is 0.896. The lowest BCUT2D eigenvalue weighted by Crippen LogP contribution is -2.45. The summed E-state index contributed by atoms with van der Waals surface area (Å²) < 4.78 is 23.8. The molecule has 0 aliphatic rings. The highest BCUT2D eigenvalue weighted by Gasteiger charge is 2.28. The Morgan fingerprint density at radius 2 is 0.724 bits per heavy atom. The zero-order valence-electron chi connectivity index (χ0n) is 51.5. The van der Waals surface area contributed by atoms with Crippen LogP contribution in [0.2, 0.25) is 0 Å². The summed E-state index contributed by atoms with van der Waals surface area (Å²) in [5, 5.41) is 14.0. The highest BCUT2D eigenvalue weighted by molar-refractivity contribution is 7.47. The Morgan fingerprint density at radius 3 is 1.05 bits per heavy atom. The summed E-state index contributed by atoms with van der Waals surface area (Å²) in [6, 6.07) is -0.869. The number of quaternary nitrogens is 1. The standard InChI is InChI=1S/C67H131N2O6P/c1-6-8-10-12-14-16-18-20-22-24-26-28-30-31-32-33-34-35-36-37-39-40-42-44-46-48-50-52-54-56-58-60-66(70)65(64-75-76(72,73)74-63-62-69(3,4)5)68-67(71)61-59-57-55-53-51-49-47-45-43-41-38-29-27-25-23-21-19-17-15-13-11-9-7-2/h42,44,50,52,58,60,65-66,70H,6-41,43,45-49,51,53-57,59,61-64H2,1-5H3,(H-,68,71,72,73)/p+1/b44-42+,52-50+,60-58+. The number of hydrogen-bond donors (Lipinski definition) is 3. The number of nitrogens with one attached hydrogen (secondary N) is 1. The largest absolute Gasteiger partial charge is 0.472 e. The van der Waals surface area contributed by atoms with E-state index in [1.807, 2.05) is 27.2 Å². The third-order valence-corrected chi connectivity index (χ3v) is 16.3. The molecular formula is C67H132N2O6P+. The number of carbonyl (C=O) groups excluding carboxylic acids is 1. The summed E-state index contributed by atoms with van der Waals surface area (Å²) in [5.74, 6) is -0.184. The Hall–Kier alpha value is -1.28. The van der Waals surface area contributed by atoms with Gasteiger partial charge in [-0.1, -0.05) is 320 Å². The van der Waals surface area contributed by atoms with Crippen LogP contribution in [-0.2, 0) is 18.4 Å². The van der Waals surface area contributed by atoms with E-state index in [1.54, 1.807) is 6.08 Å². The van der Waals surface area contributed by atoms with Crippen molar-refractivity contribution in [2.75, 3.05) is 40.9 Å². The monoisotopic (exact) mass is 1090 g/mol.